The molecule has 0 radical (unpaired) electrons. The molecule has 5 nitrogen and oxygen atoms in total. The fourth-order valence-electron chi connectivity index (χ4n) is 1.85. The number of pyridine rings is 1. The van der Waals surface area contributed by atoms with Gasteiger partial charge in [0.2, 0.25) is 5.91 Å². The van der Waals surface area contributed by atoms with Gasteiger partial charge in [-0.3, -0.25) is 4.79 Å². The highest BCUT2D eigenvalue weighted by atomic mass is 35.5. The summed E-state index contributed by atoms with van der Waals surface area (Å²) in [6.07, 6.45) is 0. The van der Waals surface area contributed by atoms with Crippen molar-refractivity contribution in [1.82, 2.24) is 10.3 Å². The predicted octanol–water partition coefficient (Wildman–Crippen LogP) is 3.17. The van der Waals surface area contributed by atoms with Crippen LogP contribution in [0.15, 0.2) is 6.07 Å². The van der Waals surface area contributed by atoms with Crippen molar-refractivity contribution in [1.29, 1.82) is 0 Å². The predicted molar refractivity (Wildman–Crippen MR) is 89.6 cm³/mol. The second kappa shape index (κ2) is 8.29. The zero-order chi connectivity index (χ0) is 16.0. The van der Waals surface area contributed by atoms with E-state index in [0.29, 0.717) is 34.8 Å². The monoisotopic (exact) mass is 332 g/mol. The largest absolute Gasteiger partial charge is 0.369 e. The van der Waals surface area contributed by atoms with Crippen molar-refractivity contribution in [2.24, 2.45) is 0 Å². The zero-order valence-electron chi connectivity index (χ0n) is 12.8. The van der Waals surface area contributed by atoms with E-state index in [9.17, 15) is 4.79 Å². The number of carbonyl (C=O) groups is 1. The lowest BCUT2D eigenvalue weighted by atomic mass is 10.3. The zero-order valence-corrected chi connectivity index (χ0v) is 14.3. The number of anilines is 2. The summed E-state index contributed by atoms with van der Waals surface area (Å²) in [6.45, 7) is 9.27. The Morgan fingerprint density at radius 2 is 2.00 bits per heavy atom. The molecule has 0 saturated carbocycles. The molecule has 0 aromatic carbocycles. The van der Waals surface area contributed by atoms with Gasteiger partial charge < -0.3 is 15.5 Å². The molecule has 0 bridgehead atoms. The van der Waals surface area contributed by atoms with E-state index in [4.69, 9.17) is 23.2 Å². The minimum Gasteiger partial charge on any atom is -0.369 e. The van der Waals surface area contributed by atoms with E-state index in [2.05, 4.69) is 15.6 Å². The molecule has 0 aliphatic heterocycles. The SMILES string of the molecule is CCNc1nc(N(CC)CC(=O)NC(C)C)c(Cl)cc1Cl. The molecule has 7 heteroatoms. The summed E-state index contributed by atoms with van der Waals surface area (Å²) in [5, 5.41) is 6.83. The quantitative estimate of drug-likeness (QED) is 0.805. The maximum atomic E-state index is 11.9. The van der Waals surface area contributed by atoms with Crippen molar-refractivity contribution in [2.45, 2.75) is 33.7 Å². The molecule has 118 valence electrons. The Kier molecular flexibility index (Phi) is 7.05. The van der Waals surface area contributed by atoms with Crippen LogP contribution in [0.1, 0.15) is 27.7 Å². The lowest BCUT2D eigenvalue weighted by Gasteiger charge is -2.24. The van der Waals surface area contributed by atoms with Gasteiger partial charge in [0.1, 0.15) is 11.6 Å². The highest BCUT2D eigenvalue weighted by Crippen LogP contribution is 2.31. The maximum Gasteiger partial charge on any atom is 0.239 e. The topological polar surface area (TPSA) is 57.3 Å². The molecule has 1 rings (SSSR count). The number of nitrogens with one attached hydrogen (secondary N) is 2. The van der Waals surface area contributed by atoms with Crippen LogP contribution in [-0.4, -0.2) is 36.6 Å². The van der Waals surface area contributed by atoms with Gasteiger partial charge >= 0.3 is 0 Å². The first-order valence-corrected chi connectivity index (χ1v) is 7.78. The number of carbonyl (C=O) groups excluding carboxylic acids is 1. The van der Waals surface area contributed by atoms with Crippen molar-refractivity contribution < 1.29 is 4.79 Å². The van der Waals surface area contributed by atoms with Gasteiger partial charge in [-0.25, -0.2) is 4.98 Å². The average molecular weight is 333 g/mol. The highest BCUT2D eigenvalue weighted by molar-refractivity contribution is 6.37. The van der Waals surface area contributed by atoms with Crippen LogP contribution in [-0.2, 0) is 4.79 Å². The molecule has 1 aromatic rings. The van der Waals surface area contributed by atoms with Crippen molar-refractivity contribution in [3.8, 4) is 0 Å². The van der Waals surface area contributed by atoms with Gasteiger partial charge in [0.15, 0.2) is 0 Å². The molecule has 1 amide bonds. The van der Waals surface area contributed by atoms with E-state index in [1.54, 1.807) is 6.07 Å². The Morgan fingerprint density at radius 1 is 1.33 bits per heavy atom. The molecule has 0 fully saturated rings. The minimum absolute atomic E-state index is 0.0651. The smallest absolute Gasteiger partial charge is 0.239 e. The second-order valence-electron chi connectivity index (χ2n) is 4.89. The molecule has 1 aromatic heterocycles. The number of rotatable bonds is 7. The molecular formula is C14H22Cl2N4O. The normalized spacial score (nSPS) is 10.6. The van der Waals surface area contributed by atoms with Crippen LogP contribution in [0, 0.1) is 0 Å². The van der Waals surface area contributed by atoms with E-state index in [0.717, 1.165) is 0 Å². The van der Waals surface area contributed by atoms with Gasteiger partial charge in [0.25, 0.3) is 0 Å². The number of aromatic nitrogens is 1. The van der Waals surface area contributed by atoms with Crippen molar-refractivity contribution >= 4 is 40.7 Å². The van der Waals surface area contributed by atoms with Crippen LogP contribution in [0.25, 0.3) is 0 Å². The fraction of sp³-hybridized carbons (Fsp3) is 0.571. The number of likely N-dealkylation sites (N-methyl/N-ethyl adjacent to an activating group) is 1. The Labute approximate surface area is 136 Å². The van der Waals surface area contributed by atoms with Crippen LogP contribution >= 0.6 is 23.2 Å². The molecule has 21 heavy (non-hydrogen) atoms. The third-order valence-corrected chi connectivity index (χ3v) is 3.29. The first kappa shape index (κ1) is 17.9. The summed E-state index contributed by atoms with van der Waals surface area (Å²) < 4.78 is 0. The molecule has 0 spiro atoms. The first-order chi connectivity index (χ1) is 9.88. The van der Waals surface area contributed by atoms with Gasteiger partial charge in [-0.05, 0) is 33.8 Å². The summed E-state index contributed by atoms with van der Waals surface area (Å²) in [4.78, 5) is 18.2. The van der Waals surface area contributed by atoms with Crippen LogP contribution in [0.4, 0.5) is 11.6 Å². The molecular weight excluding hydrogens is 311 g/mol. The van der Waals surface area contributed by atoms with Crippen LogP contribution < -0.4 is 15.5 Å². The molecule has 0 saturated heterocycles. The summed E-state index contributed by atoms with van der Waals surface area (Å²) in [5.74, 6) is 1.06. The van der Waals surface area contributed by atoms with E-state index in [1.807, 2.05) is 32.6 Å². The van der Waals surface area contributed by atoms with E-state index >= 15 is 0 Å². The number of hydrogen-bond donors (Lipinski definition) is 2. The van der Waals surface area contributed by atoms with Crippen LogP contribution in [0.5, 0.6) is 0 Å². The number of nitrogens with zero attached hydrogens (tertiary/aromatic N) is 2. The third kappa shape index (κ3) is 5.25. The van der Waals surface area contributed by atoms with Gasteiger partial charge in [-0.2, -0.15) is 0 Å². The van der Waals surface area contributed by atoms with Crippen LogP contribution in [0.3, 0.4) is 0 Å². The Balaban J connectivity index is 2.99. The standard InChI is InChI=1S/C14H22Cl2N4O/c1-5-17-13-10(15)7-11(16)14(19-13)20(6-2)8-12(21)18-9(3)4/h7,9H,5-6,8H2,1-4H3,(H,17,19)(H,18,21). The highest BCUT2D eigenvalue weighted by Gasteiger charge is 2.17. The summed E-state index contributed by atoms with van der Waals surface area (Å²) in [6, 6.07) is 1.74. The Hall–Kier alpha value is -1.20. The average Bonchev–Trinajstić information content (AvgIpc) is 2.39. The lowest BCUT2D eigenvalue weighted by molar-refractivity contribution is -0.120. The fourth-order valence-corrected chi connectivity index (χ4v) is 2.39. The number of hydrogen-bond acceptors (Lipinski definition) is 4. The lowest BCUT2D eigenvalue weighted by Crippen LogP contribution is -2.40. The van der Waals surface area contributed by atoms with Crippen molar-refractivity contribution in [3.05, 3.63) is 16.1 Å². The molecule has 2 N–H and O–H groups in total. The Morgan fingerprint density at radius 3 is 2.52 bits per heavy atom. The Bertz CT molecular complexity index is 494. The molecule has 0 aliphatic carbocycles. The summed E-state index contributed by atoms with van der Waals surface area (Å²) >= 11 is 12.3. The molecule has 0 aliphatic rings. The van der Waals surface area contributed by atoms with Crippen LogP contribution in [0.2, 0.25) is 10.0 Å². The van der Waals surface area contributed by atoms with E-state index < -0.39 is 0 Å². The molecule has 0 atom stereocenters. The van der Waals surface area contributed by atoms with Gasteiger partial charge in [0, 0.05) is 19.1 Å². The number of amides is 1. The first-order valence-electron chi connectivity index (χ1n) is 7.03. The summed E-state index contributed by atoms with van der Waals surface area (Å²) in [7, 11) is 0. The maximum absolute atomic E-state index is 11.9. The second-order valence-corrected chi connectivity index (χ2v) is 5.71. The minimum atomic E-state index is -0.0651. The van der Waals surface area contributed by atoms with Crippen molar-refractivity contribution in [2.75, 3.05) is 29.9 Å². The van der Waals surface area contributed by atoms with Gasteiger partial charge in [-0.15, -0.1) is 0 Å². The van der Waals surface area contributed by atoms with Gasteiger partial charge in [-0.1, -0.05) is 23.2 Å². The molecule has 1 heterocycles. The van der Waals surface area contributed by atoms with Gasteiger partial charge in [0.05, 0.1) is 16.6 Å². The van der Waals surface area contributed by atoms with E-state index in [-0.39, 0.29) is 18.5 Å². The number of halogens is 2. The van der Waals surface area contributed by atoms with Crippen molar-refractivity contribution in [3.63, 3.8) is 0 Å². The summed E-state index contributed by atoms with van der Waals surface area (Å²) in [5.41, 5.74) is 0. The van der Waals surface area contributed by atoms with E-state index in [1.165, 1.54) is 0 Å². The third-order valence-electron chi connectivity index (χ3n) is 2.72. The molecule has 0 unspecified atom stereocenters.